The molecule has 0 bridgehead atoms. The molecule has 9 nitrogen and oxygen atoms in total. The predicted molar refractivity (Wildman–Crippen MR) is 121 cm³/mol. The molecule has 2 fully saturated rings. The number of benzene rings is 1. The van der Waals surface area contributed by atoms with E-state index >= 15 is 0 Å². The number of carbonyl (C=O) groups excluding carboxylic acids is 1. The van der Waals surface area contributed by atoms with Crippen LogP contribution in [0.2, 0.25) is 0 Å². The summed E-state index contributed by atoms with van der Waals surface area (Å²) in [5.74, 6) is 2.38. The van der Waals surface area contributed by atoms with Crippen LogP contribution in [0, 0.1) is 12.8 Å². The number of nitrogens with one attached hydrogen (secondary N) is 1. The maximum atomic E-state index is 13.5. The highest BCUT2D eigenvalue weighted by Gasteiger charge is 2.56. The van der Waals surface area contributed by atoms with Gasteiger partial charge in [0.25, 0.3) is 5.91 Å². The second kappa shape index (κ2) is 8.47. The molecule has 2 aromatic heterocycles. The first kappa shape index (κ1) is 21.4. The van der Waals surface area contributed by atoms with Crippen molar-refractivity contribution in [2.75, 3.05) is 40.4 Å². The van der Waals surface area contributed by atoms with Crippen molar-refractivity contribution in [2.24, 2.45) is 5.92 Å². The van der Waals surface area contributed by atoms with Crippen molar-refractivity contribution in [3.05, 3.63) is 65.2 Å². The largest absolute Gasteiger partial charge is 0.481 e. The molecule has 0 unspecified atom stereocenters. The molecule has 33 heavy (non-hydrogen) atoms. The highest BCUT2D eigenvalue weighted by molar-refractivity contribution is 5.96. The van der Waals surface area contributed by atoms with Crippen LogP contribution in [0.4, 0.5) is 0 Å². The van der Waals surface area contributed by atoms with Gasteiger partial charge in [0.2, 0.25) is 11.8 Å². The summed E-state index contributed by atoms with van der Waals surface area (Å²) >= 11 is 0. The third-order valence-corrected chi connectivity index (χ3v) is 6.73. The second-order valence-electron chi connectivity index (χ2n) is 8.85. The van der Waals surface area contributed by atoms with Crippen LogP contribution in [-0.2, 0) is 12.0 Å². The third-order valence-electron chi connectivity index (χ3n) is 6.73. The van der Waals surface area contributed by atoms with Gasteiger partial charge in [-0.2, -0.15) is 10.1 Å². The molecular weight excluding hydrogens is 420 g/mol. The van der Waals surface area contributed by atoms with Crippen molar-refractivity contribution >= 4 is 5.91 Å². The molecule has 5 rings (SSSR count). The van der Waals surface area contributed by atoms with E-state index in [1.807, 2.05) is 17.9 Å². The first-order chi connectivity index (χ1) is 16.0. The topological polar surface area (TPSA) is 96.5 Å². The van der Waals surface area contributed by atoms with Gasteiger partial charge in [0.1, 0.15) is 11.4 Å². The fourth-order valence-corrected chi connectivity index (χ4v) is 5.19. The molecule has 2 aliphatic rings. The molecule has 1 aromatic carbocycles. The summed E-state index contributed by atoms with van der Waals surface area (Å²) in [5, 5.41) is 7.54. The Morgan fingerprint density at radius 1 is 1.09 bits per heavy atom. The van der Waals surface area contributed by atoms with Crippen LogP contribution >= 0.6 is 0 Å². The van der Waals surface area contributed by atoms with Gasteiger partial charge in [-0.25, -0.2) is 4.98 Å². The number of amides is 1. The standard InChI is InChI=1S/C24H28N6O3/c1-16-25-23(28-27-16)24-14-29(11-17-7-5-4-6-8-17)12-18(24)13-30(15-24)22(31)19-9-10-20(32-2)26-21(19)33-3/h4-10,18H,11-15H2,1-3H3,(H,25,27,28)/t18-,24-/m0/s1. The van der Waals surface area contributed by atoms with E-state index in [1.54, 1.807) is 12.1 Å². The van der Waals surface area contributed by atoms with Crippen LogP contribution in [0.5, 0.6) is 11.8 Å². The fourth-order valence-electron chi connectivity index (χ4n) is 5.19. The maximum Gasteiger partial charge on any atom is 0.259 e. The zero-order valence-electron chi connectivity index (χ0n) is 19.1. The first-order valence-corrected chi connectivity index (χ1v) is 11.1. The smallest absolute Gasteiger partial charge is 0.259 e. The molecule has 172 valence electrons. The number of fused-ring (bicyclic) bond motifs is 1. The lowest BCUT2D eigenvalue weighted by atomic mass is 9.80. The molecule has 2 saturated heterocycles. The van der Waals surface area contributed by atoms with Gasteiger partial charge >= 0.3 is 0 Å². The summed E-state index contributed by atoms with van der Waals surface area (Å²) < 4.78 is 10.6. The average molecular weight is 449 g/mol. The van der Waals surface area contributed by atoms with Crippen LogP contribution in [0.15, 0.2) is 42.5 Å². The lowest BCUT2D eigenvalue weighted by Crippen LogP contribution is -2.40. The van der Waals surface area contributed by atoms with Gasteiger partial charge in [0.15, 0.2) is 5.82 Å². The lowest BCUT2D eigenvalue weighted by molar-refractivity contribution is 0.0764. The van der Waals surface area contributed by atoms with Crippen molar-refractivity contribution in [3.63, 3.8) is 0 Å². The molecule has 1 amide bonds. The fraction of sp³-hybridized carbons (Fsp3) is 0.417. The van der Waals surface area contributed by atoms with Gasteiger partial charge in [0, 0.05) is 44.7 Å². The minimum Gasteiger partial charge on any atom is -0.481 e. The van der Waals surface area contributed by atoms with Gasteiger partial charge < -0.3 is 14.4 Å². The van der Waals surface area contributed by atoms with Gasteiger partial charge in [-0.05, 0) is 18.6 Å². The summed E-state index contributed by atoms with van der Waals surface area (Å²) in [6, 6.07) is 13.9. The Morgan fingerprint density at radius 2 is 1.91 bits per heavy atom. The number of nitrogens with zero attached hydrogens (tertiary/aromatic N) is 5. The van der Waals surface area contributed by atoms with E-state index < -0.39 is 0 Å². The highest BCUT2D eigenvalue weighted by atomic mass is 16.5. The molecule has 2 aliphatic heterocycles. The number of ether oxygens (including phenoxy) is 2. The Balaban J connectivity index is 1.42. The summed E-state index contributed by atoms with van der Waals surface area (Å²) in [5.41, 5.74) is 1.39. The molecule has 0 aliphatic carbocycles. The number of aromatic nitrogens is 4. The molecular formula is C24H28N6O3. The van der Waals surface area contributed by atoms with E-state index in [4.69, 9.17) is 14.5 Å². The van der Waals surface area contributed by atoms with Crippen LogP contribution in [0.1, 0.15) is 27.6 Å². The number of rotatable bonds is 6. The number of hydrogen-bond donors (Lipinski definition) is 1. The van der Waals surface area contributed by atoms with Crippen LogP contribution < -0.4 is 9.47 Å². The van der Waals surface area contributed by atoms with E-state index in [0.717, 1.165) is 31.3 Å². The molecule has 0 spiro atoms. The van der Waals surface area contributed by atoms with Crippen LogP contribution in [0.25, 0.3) is 0 Å². The summed E-state index contributed by atoms with van der Waals surface area (Å²) in [6.07, 6.45) is 0. The number of aromatic amines is 1. The Hall–Kier alpha value is -3.46. The molecule has 4 heterocycles. The van der Waals surface area contributed by atoms with Crippen molar-refractivity contribution in [1.29, 1.82) is 0 Å². The van der Waals surface area contributed by atoms with E-state index in [-0.39, 0.29) is 23.1 Å². The normalized spacial score (nSPS) is 22.4. The van der Waals surface area contributed by atoms with Crippen LogP contribution in [0.3, 0.4) is 0 Å². The number of carbonyl (C=O) groups is 1. The number of H-pyrrole nitrogens is 1. The SMILES string of the molecule is COc1ccc(C(=O)N2C[C@@H]3CN(Cc4ccccc4)C[C@]3(c3n[nH]c(C)n3)C2)c(OC)n1. The Bertz CT molecular complexity index is 1150. The van der Waals surface area contributed by atoms with Crippen molar-refractivity contribution < 1.29 is 14.3 Å². The quantitative estimate of drug-likeness (QED) is 0.617. The number of aryl methyl sites for hydroxylation is 1. The second-order valence-corrected chi connectivity index (χ2v) is 8.85. The summed E-state index contributed by atoms with van der Waals surface area (Å²) in [4.78, 5) is 26.8. The first-order valence-electron chi connectivity index (χ1n) is 11.1. The zero-order chi connectivity index (χ0) is 23.0. The maximum absolute atomic E-state index is 13.5. The minimum atomic E-state index is -0.317. The number of likely N-dealkylation sites (tertiary alicyclic amines) is 2. The van der Waals surface area contributed by atoms with Gasteiger partial charge in [-0.1, -0.05) is 30.3 Å². The van der Waals surface area contributed by atoms with Gasteiger partial charge in [-0.15, -0.1) is 0 Å². The number of hydrogen-bond acceptors (Lipinski definition) is 7. The number of pyridine rings is 1. The van der Waals surface area contributed by atoms with Crippen molar-refractivity contribution in [1.82, 2.24) is 30.0 Å². The molecule has 3 aromatic rings. The molecule has 1 N–H and O–H groups in total. The monoisotopic (exact) mass is 448 g/mol. The molecule has 0 radical (unpaired) electrons. The molecule has 0 saturated carbocycles. The van der Waals surface area contributed by atoms with Gasteiger partial charge in [0.05, 0.1) is 19.6 Å². The molecule has 2 atom stereocenters. The highest BCUT2D eigenvalue weighted by Crippen LogP contribution is 2.44. The van der Waals surface area contributed by atoms with E-state index in [2.05, 4.69) is 44.3 Å². The van der Waals surface area contributed by atoms with Crippen molar-refractivity contribution in [3.8, 4) is 11.8 Å². The predicted octanol–water partition coefficient (Wildman–Crippen LogP) is 2.05. The van der Waals surface area contributed by atoms with Crippen LogP contribution in [-0.4, -0.2) is 76.3 Å². The number of methoxy groups -OCH3 is 2. The Kier molecular flexibility index (Phi) is 5.49. The van der Waals surface area contributed by atoms with E-state index in [1.165, 1.54) is 19.8 Å². The summed E-state index contributed by atoms with van der Waals surface area (Å²) in [7, 11) is 3.05. The molecule has 9 heteroatoms. The van der Waals surface area contributed by atoms with E-state index in [0.29, 0.717) is 24.5 Å². The van der Waals surface area contributed by atoms with Gasteiger partial charge in [-0.3, -0.25) is 14.8 Å². The minimum absolute atomic E-state index is 0.0994. The Labute approximate surface area is 192 Å². The van der Waals surface area contributed by atoms with Crippen molar-refractivity contribution in [2.45, 2.75) is 18.9 Å². The average Bonchev–Trinajstić information content (AvgIpc) is 3.51. The third kappa shape index (κ3) is 3.82. The van der Waals surface area contributed by atoms with E-state index in [9.17, 15) is 4.79 Å². The Morgan fingerprint density at radius 3 is 2.61 bits per heavy atom. The summed E-state index contributed by atoms with van der Waals surface area (Å²) in [6.45, 7) is 5.63. The zero-order valence-corrected chi connectivity index (χ0v) is 19.1. The lowest BCUT2D eigenvalue weighted by Gasteiger charge is -2.27.